The molecule has 0 bridgehead atoms. The highest BCUT2D eigenvalue weighted by molar-refractivity contribution is 5.45. The van der Waals surface area contributed by atoms with E-state index >= 15 is 0 Å². The molecule has 0 aliphatic rings. The number of nitro groups is 1. The molecule has 0 spiro atoms. The molecule has 1 rings (SSSR count). The van der Waals surface area contributed by atoms with E-state index in [-0.39, 0.29) is 11.3 Å². The highest BCUT2D eigenvalue weighted by atomic mass is 16.6. The number of rotatable bonds is 2. The van der Waals surface area contributed by atoms with Gasteiger partial charge in [-0.2, -0.15) is 10.5 Å². The van der Waals surface area contributed by atoms with Crippen LogP contribution in [0.25, 0.3) is 0 Å². The summed E-state index contributed by atoms with van der Waals surface area (Å²) in [6.45, 7) is 0. The summed E-state index contributed by atoms with van der Waals surface area (Å²) in [6, 6.07) is 4.64. The summed E-state index contributed by atoms with van der Waals surface area (Å²) in [5.74, 6) is -1.13. The van der Waals surface area contributed by atoms with Crippen molar-refractivity contribution in [3.8, 4) is 12.1 Å². The van der Waals surface area contributed by atoms with Gasteiger partial charge in [-0.15, -0.1) is 0 Å². The lowest BCUT2D eigenvalue weighted by Gasteiger charge is -2.00. The monoisotopic (exact) mass is 188 g/mol. The Morgan fingerprint density at radius 3 is 2.64 bits per heavy atom. The van der Waals surface area contributed by atoms with Crippen LogP contribution in [0.15, 0.2) is 18.5 Å². The van der Waals surface area contributed by atoms with Crippen molar-refractivity contribution in [1.29, 1.82) is 10.5 Å². The van der Waals surface area contributed by atoms with Gasteiger partial charge in [-0.05, 0) is 6.07 Å². The second-order valence-electron chi connectivity index (χ2n) is 2.38. The fraction of sp³-hybridized carbons (Fsp3) is 0.125. The second kappa shape index (κ2) is 3.97. The van der Waals surface area contributed by atoms with Crippen molar-refractivity contribution in [2.24, 2.45) is 0 Å². The van der Waals surface area contributed by atoms with Crippen LogP contribution in [0.3, 0.4) is 0 Å². The quantitative estimate of drug-likeness (QED) is 0.510. The normalized spacial score (nSPS) is 9.07. The average Bonchev–Trinajstić information content (AvgIpc) is 2.20. The van der Waals surface area contributed by atoms with E-state index in [1.807, 2.05) is 0 Å². The first-order chi connectivity index (χ1) is 6.70. The minimum absolute atomic E-state index is 0.0787. The van der Waals surface area contributed by atoms with Gasteiger partial charge < -0.3 is 0 Å². The maximum absolute atomic E-state index is 10.5. The van der Waals surface area contributed by atoms with Gasteiger partial charge in [-0.3, -0.25) is 15.1 Å². The molecule has 0 saturated heterocycles. The van der Waals surface area contributed by atoms with Gasteiger partial charge in [0.05, 0.1) is 22.6 Å². The van der Waals surface area contributed by atoms with Gasteiger partial charge >= 0.3 is 0 Å². The van der Waals surface area contributed by atoms with Gasteiger partial charge in [0.2, 0.25) is 0 Å². The molecule has 0 aliphatic carbocycles. The van der Waals surface area contributed by atoms with Crippen molar-refractivity contribution in [2.45, 2.75) is 5.92 Å². The number of nitrogens with zero attached hydrogens (tertiary/aromatic N) is 4. The molecule has 1 heterocycles. The van der Waals surface area contributed by atoms with Gasteiger partial charge in [0.25, 0.3) is 5.69 Å². The summed E-state index contributed by atoms with van der Waals surface area (Å²) >= 11 is 0. The maximum Gasteiger partial charge on any atom is 0.293 e. The Morgan fingerprint density at radius 1 is 1.50 bits per heavy atom. The third kappa shape index (κ3) is 1.65. The Hall–Kier alpha value is -2.47. The third-order valence-electron chi connectivity index (χ3n) is 1.60. The lowest BCUT2D eigenvalue weighted by Crippen LogP contribution is -1.99. The van der Waals surface area contributed by atoms with Crippen molar-refractivity contribution in [1.82, 2.24) is 4.98 Å². The van der Waals surface area contributed by atoms with Gasteiger partial charge in [0.1, 0.15) is 6.20 Å². The van der Waals surface area contributed by atoms with Crippen LogP contribution in [0.5, 0.6) is 0 Å². The van der Waals surface area contributed by atoms with Crippen LogP contribution in [0.2, 0.25) is 0 Å². The summed E-state index contributed by atoms with van der Waals surface area (Å²) in [5.41, 5.74) is -0.226. The van der Waals surface area contributed by atoms with Crippen molar-refractivity contribution in [2.75, 3.05) is 0 Å². The Kier molecular flexibility index (Phi) is 2.72. The van der Waals surface area contributed by atoms with Crippen molar-refractivity contribution in [3.63, 3.8) is 0 Å². The van der Waals surface area contributed by atoms with E-state index in [1.165, 1.54) is 12.3 Å². The molecule has 0 atom stereocenters. The summed E-state index contributed by atoms with van der Waals surface area (Å²) < 4.78 is 0. The van der Waals surface area contributed by atoms with E-state index in [0.29, 0.717) is 0 Å². The molecule has 0 aliphatic heterocycles. The first-order valence-electron chi connectivity index (χ1n) is 3.58. The highest BCUT2D eigenvalue weighted by Crippen LogP contribution is 2.24. The lowest BCUT2D eigenvalue weighted by atomic mass is 10.0. The zero-order valence-corrected chi connectivity index (χ0v) is 6.91. The minimum Gasteiger partial charge on any atom is -0.258 e. The molecule has 0 amide bonds. The molecule has 0 unspecified atom stereocenters. The van der Waals surface area contributed by atoms with Crippen LogP contribution in [-0.2, 0) is 0 Å². The summed E-state index contributed by atoms with van der Waals surface area (Å²) in [4.78, 5) is 13.4. The van der Waals surface area contributed by atoms with E-state index in [0.717, 1.165) is 6.20 Å². The van der Waals surface area contributed by atoms with E-state index in [2.05, 4.69) is 4.98 Å². The van der Waals surface area contributed by atoms with Gasteiger partial charge in [0, 0.05) is 6.20 Å². The van der Waals surface area contributed by atoms with E-state index in [9.17, 15) is 10.1 Å². The van der Waals surface area contributed by atoms with Gasteiger partial charge in [-0.1, -0.05) is 0 Å². The SMILES string of the molecule is N#CC(C#N)c1ccncc1[N+](=O)[O-]. The third-order valence-corrected chi connectivity index (χ3v) is 1.60. The van der Waals surface area contributed by atoms with Crippen molar-refractivity contribution in [3.05, 3.63) is 34.1 Å². The standard InChI is InChI=1S/C8H4N4O2/c9-3-6(4-10)7-1-2-11-5-8(7)12(13)14/h1-2,5-6H. The van der Waals surface area contributed by atoms with Crippen LogP contribution in [0.4, 0.5) is 5.69 Å². The highest BCUT2D eigenvalue weighted by Gasteiger charge is 2.21. The number of hydrogen-bond donors (Lipinski definition) is 0. The Balaban J connectivity index is 3.29. The zero-order chi connectivity index (χ0) is 10.6. The molecular formula is C8H4N4O2. The molecular weight excluding hydrogens is 184 g/mol. The molecule has 0 aromatic carbocycles. The number of pyridine rings is 1. The summed E-state index contributed by atoms with van der Waals surface area (Å²) in [7, 11) is 0. The van der Waals surface area contributed by atoms with Gasteiger partial charge in [0.15, 0.2) is 5.92 Å². The first kappa shape index (κ1) is 9.62. The zero-order valence-electron chi connectivity index (χ0n) is 6.91. The largest absolute Gasteiger partial charge is 0.293 e. The van der Waals surface area contributed by atoms with Crippen molar-refractivity contribution < 1.29 is 4.92 Å². The molecule has 68 valence electrons. The second-order valence-corrected chi connectivity index (χ2v) is 2.38. The van der Waals surface area contributed by atoms with E-state index in [4.69, 9.17) is 10.5 Å². The fourth-order valence-corrected chi connectivity index (χ4v) is 0.961. The van der Waals surface area contributed by atoms with Crippen LogP contribution in [0, 0.1) is 32.8 Å². The molecule has 6 nitrogen and oxygen atoms in total. The molecule has 0 N–H and O–H groups in total. The minimum atomic E-state index is -1.13. The van der Waals surface area contributed by atoms with E-state index < -0.39 is 10.8 Å². The molecule has 0 fully saturated rings. The molecule has 1 aromatic heterocycles. The lowest BCUT2D eigenvalue weighted by molar-refractivity contribution is -0.385. The predicted molar refractivity (Wildman–Crippen MR) is 44.9 cm³/mol. The number of aromatic nitrogens is 1. The van der Waals surface area contributed by atoms with Gasteiger partial charge in [-0.25, -0.2) is 0 Å². The fourth-order valence-electron chi connectivity index (χ4n) is 0.961. The van der Waals surface area contributed by atoms with E-state index in [1.54, 1.807) is 12.1 Å². The summed E-state index contributed by atoms with van der Waals surface area (Å²) in [5, 5.41) is 27.6. The molecule has 1 aromatic rings. The summed E-state index contributed by atoms with van der Waals surface area (Å²) in [6.07, 6.45) is 2.33. The van der Waals surface area contributed by atoms with Crippen LogP contribution in [-0.4, -0.2) is 9.91 Å². The number of hydrogen-bond acceptors (Lipinski definition) is 5. The smallest absolute Gasteiger partial charge is 0.258 e. The molecule has 0 saturated carbocycles. The molecule has 14 heavy (non-hydrogen) atoms. The topological polar surface area (TPSA) is 104 Å². The molecule has 0 radical (unpaired) electrons. The first-order valence-corrected chi connectivity index (χ1v) is 3.58. The van der Waals surface area contributed by atoms with Crippen LogP contribution >= 0.6 is 0 Å². The Morgan fingerprint density at radius 2 is 2.14 bits per heavy atom. The van der Waals surface area contributed by atoms with Crippen LogP contribution < -0.4 is 0 Å². The number of nitriles is 2. The predicted octanol–water partition coefficient (Wildman–Crippen LogP) is 1.12. The molecule has 6 heteroatoms. The average molecular weight is 188 g/mol. The Labute approximate surface area is 79.2 Å². The van der Waals surface area contributed by atoms with Crippen LogP contribution in [0.1, 0.15) is 11.5 Å². The van der Waals surface area contributed by atoms with Crippen molar-refractivity contribution >= 4 is 5.69 Å². The Bertz CT molecular complexity index is 429. The maximum atomic E-state index is 10.5.